The van der Waals surface area contributed by atoms with Crippen molar-refractivity contribution < 1.29 is 9.15 Å². The van der Waals surface area contributed by atoms with Gasteiger partial charge in [0.15, 0.2) is 0 Å². The zero-order chi connectivity index (χ0) is 15.1. The largest absolute Gasteiger partial charge is 0.449 e. The van der Waals surface area contributed by atoms with Crippen molar-refractivity contribution >= 4 is 38.0 Å². The van der Waals surface area contributed by atoms with Crippen LogP contribution >= 0.6 is 15.9 Å². The van der Waals surface area contributed by atoms with Crippen LogP contribution in [0.15, 0.2) is 31.9 Å². The van der Waals surface area contributed by atoms with Gasteiger partial charge in [-0.2, -0.15) is 0 Å². The molecule has 114 valence electrons. The van der Waals surface area contributed by atoms with E-state index in [0.717, 1.165) is 22.9 Å². The normalized spacial score (nSPS) is 16.6. The minimum Gasteiger partial charge on any atom is -0.449 e. The van der Waals surface area contributed by atoms with Crippen LogP contribution in [0.3, 0.4) is 0 Å². The molecule has 3 aromatic rings. The van der Waals surface area contributed by atoms with Crippen LogP contribution in [0.2, 0.25) is 0 Å². The number of nitrogens with zero attached hydrogens (tertiary/aromatic N) is 2. The molecular formula is C15H14BrN3O3. The summed E-state index contributed by atoms with van der Waals surface area (Å²) in [5, 5.41) is 0.846. The van der Waals surface area contributed by atoms with Crippen LogP contribution in [0.5, 0.6) is 0 Å². The van der Waals surface area contributed by atoms with Crippen molar-refractivity contribution in [1.29, 1.82) is 0 Å². The Morgan fingerprint density at radius 2 is 2.14 bits per heavy atom. The predicted octanol–water partition coefficient (Wildman–Crippen LogP) is 2.26. The van der Waals surface area contributed by atoms with E-state index in [0.29, 0.717) is 36.7 Å². The van der Waals surface area contributed by atoms with Crippen molar-refractivity contribution in [2.24, 2.45) is 0 Å². The second-order valence-corrected chi connectivity index (χ2v) is 6.24. The van der Waals surface area contributed by atoms with E-state index in [4.69, 9.17) is 9.15 Å². The summed E-state index contributed by atoms with van der Waals surface area (Å²) in [6.07, 6.45) is 0. The molecule has 1 aromatic carbocycles. The van der Waals surface area contributed by atoms with Crippen molar-refractivity contribution in [2.75, 3.05) is 26.3 Å². The molecule has 4 rings (SSSR count). The smallest absolute Gasteiger partial charge is 0.294 e. The maximum atomic E-state index is 12.3. The van der Waals surface area contributed by atoms with Gasteiger partial charge in [0.2, 0.25) is 5.58 Å². The van der Waals surface area contributed by atoms with Gasteiger partial charge in [-0.1, -0.05) is 15.9 Å². The fourth-order valence-corrected chi connectivity index (χ4v) is 3.08. The lowest BCUT2D eigenvalue weighted by atomic mass is 10.2. The Balaban J connectivity index is 1.81. The van der Waals surface area contributed by atoms with Gasteiger partial charge >= 0.3 is 0 Å². The van der Waals surface area contributed by atoms with Gasteiger partial charge in [0.25, 0.3) is 5.56 Å². The third-order valence-corrected chi connectivity index (χ3v) is 4.30. The van der Waals surface area contributed by atoms with Crippen LogP contribution in [0.25, 0.3) is 22.1 Å². The highest BCUT2D eigenvalue weighted by Crippen LogP contribution is 2.27. The summed E-state index contributed by atoms with van der Waals surface area (Å²) >= 11 is 3.44. The van der Waals surface area contributed by atoms with E-state index < -0.39 is 0 Å². The molecule has 1 saturated heterocycles. The molecule has 3 heterocycles. The van der Waals surface area contributed by atoms with Gasteiger partial charge in [-0.15, -0.1) is 0 Å². The molecule has 0 aliphatic carbocycles. The van der Waals surface area contributed by atoms with Crippen LogP contribution in [-0.4, -0.2) is 41.2 Å². The van der Waals surface area contributed by atoms with E-state index in [1.54, 1.807) is 0 Å². The molecule has 6 nitrogen and oxygen atoms in total. The van der Waals surface area contributed by atoms with E-state index in [2.05, 4.69) is 30.8 Å². The van der Waals surface area contributed by atoms with Gasteiger partial charge in [0.1, 0.15) is 16.9 Å². The number of aromatic nitrogens is 2. The lowest BCUT2D eigenvalue weighted by Crippen LogP contribution is -2.36. The average molecular weight is 364 g/mol. The molecule has 22 heavy (non-hydrogen) atoms. The molecule has 1 aliphatic rings. The summed E-state index contributed by atoms with van der Waals surface area (Å²) in [6.45, 7) is 3.73. The molecule has 1 fully saturated rings. The average Bonchev–Trinajstić information content (AvgIpc) is 2.87. The molecule has 7 heteroatoms. The highest BCUT2D eigenvalue weighted by atomic mass is 79.9. The minimum atomic E-state index is -0.236. The monoisotopic (exact) mass is 363 g/mol. The summed E-state index contributed by atoms with van der Waals surface area (Å²) in [6, 6.07) is 5.64. The number of halogens is 1. The van der Waals surface area contributed by atoms with E-state index in [1.165, 1.54) is 0 Å². The number of nitrogens with one attached hydrogen (secondary N) is 1. The Bertz CT molecular complexity index is 896. The number of ether oxygens (including phenoxy) is 1. The highest BCUT2D eigenvalue weighted by molar-refractivity contribution is 9.10. The van der Waals surface area contributed by atoms with Crippen molar-refractivity contribution in [2.45, 2.75) is 6.54 Å². The second-order valence-electron chi connectivity index (χ2n) is 5.32. The zero-order valence-electron chi connectivity index (χ0n) is 11.8. The van der Waals surface area contributed by atoms with Crippen LogP contribution < -0.4 is 5.56 Å². The maximum absolute atomic E-state index is 12.3. The first-order chi connectivity index (χ1) is 10.7. The van der Waals surface area contributed by atoms with Gasteiger partial charge in [0, 0.05) is 22.9 Å². The number of hydrogen-bond donors (Lipinski definition) is 1. The molecule has 0 radical (unpaired) electrons. The zero-order valence-corrected chi connectivity index (χ0v) is 13.4. The molecule has 1 N–H and O–H groups in total. The summed E-state index contributed by atoms with van der Waals surface area (Å²) in [5.74, 6) is 0.655. The fraction of sp³-hybridized carbons (Fsp3) is 0.333. The minimum absolute atomic E-state index is 0.236. The van der Waals surface area contributed by atoms with Crippen LogP contribution in [0, 0.1) is 0 Å². The van der Waals surface area contributed by atoms with E-state index in [1.807, 2.05) is 18.2 Å². The lowest BCUT2D eigenvalue weighted by molar-refractivity contribution is 0.0331. The first kappa shape index (κ1) is 13.9. The number of rotatable bonds is 2. The van der Waals surface area contributed by atoms with Crippen LogP contribution in [0.1, 0.15) is 5.82 Å². The number of fused-ring (bicyclic) bond motifs is 3. The van der Waals surface area contributed by atoms with Crippen molar-refractivity contribution in [3.8, 4) is 0 Å². The number of benzene rings is 1. The second kappa shape index (κ2) is 5.49. The number of H-pyrrole nitrogens is 1. The van der Waals surface area contributed by atoms with E-state index in [9.17, 15) is 4.79 Å². The first-order valence-corrected chi connectivity index (χ1v) is 7.91. The molecule has 1 aliphatic heterocycles. The first-order valence-electron chi connectivity index (χ1n) is 7.12. The summed E-state index contributed by atoms with van der Waals surface area (Å²) in [7, 11) is 0. The van der Waals surface area contributed by atoms with Crippen LogP contribution in [0.4, 0.5) is 0 Å². The molecule has 2 aromatic heterocycles. The fourth-order valence-electron chi connectivity index (χ4n) is 2.72. The van der Waals surface area contributed by atoms with E-state index >= 15 is 0 Å². The van der Waals surface area contributed by atoms with E-state index in [-0.39, 0.29) is 11.1 Å². The molecular weight excluding hydrogens is 350 g/mol. The van der Waals surface area contributed by atoms with Gasteiger partial charge in [-0.05, 0) is 18.2 Å². The Kier molecular flexibility index (Phi) is 3.48. The molecule has 0 unspecified atom stereocenters. The standard InChI is InChI=1S/C15H14BrN3O3/c16-9-1-2-11-10(7-9)13-14(22-11)15(20)18-12(17-13)8-19-3-5-21-6-4-19/h1-2,7H,3-6,8H2,(H,17,18,20). The Morgan fingerprint density at radius 3 is 2.95 bits per heavy atom. The van der Waals surface area contributed by atoms with Crippen molar-refractivity contribution in [1.82, 2.24) is 14.9 Å². The molecule has 0 bridgehead atoms. The number of morpholine rings is 1. The quantitative estimate of drug-likeness (QED) is 0.755. The van der Waals surface area contributed by atoms with Gasteiger partial charge in [-0.25, -0.2) is 4.98 Å². The van der Waals surface area contributed by atoms with Gasteiger partial charge in [-0.3, -0.25) is 9.69 Å². The number of furan rings is 1. The summed E-state index contributed by atoms with van der Waals surface area (Å²) in [4.78, 5) is 21.9. The molecule has 0 saturated carbocycles. The molecule has 0 amide bonds. The summed E-state index contributed by atoms with van der Waals surface area (Å²) in [5.41, 5.74) is 1.32. The maximum Gasteiger partial charge on any atom is 0.294 e. The Labute approximate surface area is 134 Å². The topological polar surface area (TPSA) is 71.4 Å². The molecule has 0 atom stereocenters. The Hall–Kier alpha value is -1.70. The van der Waals surface area contributed by atoms with Crippen molar-refractivity contribution in [3.05, 3.63) is 38.9 Å². The van der Waals surface area contributed by atoms with Crippen LogP contribution in [-0.2, 0) is 11.3 Å². The number of aromatic amines is 1. The van der Waals surface area contributed by atoms with Crippen molar-refractivity contribution in [3.63, 3.8) is 0 Å². The SMILES string of the molecule is O=c1[nH]c(CN2CCOCC2)nc2c1oc1ccc(Br)cc12. The lowest BCUT2D eigenvalue weighted by Gasteiger charge is -2.25. The predicted molar refractivity (Wildman–Crippen MR) is 85.9 cm³/mol. The third-order valence-electron chi connectivity index (χ3n) is 3.81. The molecule has 0 spiro atoms. The summed E-state index contributed by atoms with van der Waals surface area (Å²) < 4.78 is 11.9. The third kappa shape index (κ3) is 2.45. The number of hydrogen-bond acceptors (Lipinski definition) is 5. The van der Waals surface area contributed by atoms with Gasteiger partial charge in [0.05, 0.1) is 19.8 Å². The Morgan fingerprint density at radius 1 is 1.32 bits per heavy atom. The highest BCUT2D eigenvalue weighted by Gasteiger charge is 2.16. The van der Waals surface area contributed by atoms with Gasteiger partial charge < -0.3 is 14.1 Å².